The van der Waals surface area contributed by atoms with Crippen molar-refractivity contribution in [3.05, 3.63) is 78.3 Å². The van der Waals surface area contributed by atoms with E-state index in [1.807, 2.05) is 0 Å². The normalized spacial score (nSPS) is 11.4. The molecule has 1 aromatic carbocycles. The van der Waals surface area contributed by atoms with Crippen LogP contribution in [0.15, 0.2) is 55.4 Å². The number of fused-ring (bicyclic) bond motifs is 2. The summed E-state index contributed by atoms with van der Waals surface area (Å²) in [6.45, 7) is 0.190. The number of hydrogen-bond donors (Lipinski definition) is 2. The van der Waals surface area contributed by atoms with Crippen molar-refractivity contribution >= 4 is 33.4 Å². The summed E-state index contributed by atoms with van der Waals surface area (Å²) >= 11 is 5.93. The van der Waals surface area contributed by atoms with E-state index < -0.39 is 16.5 Å². The number of rotatable bonds is 3. The summed E-state index contributed by atoms with van der Waals surface area (Å²) in [5.74, 6) is 0.676. The number of aryl methyl sites for hydroxylation is 2. The van der Waals surface area contributed by atoms with Crippen molar-refractivity contribution in [2.45, 2.75) is 13.0 Å². The molecule has 8 heteroatoms. The Balaban J connectivity index is 1.95. The van der Waals surface area contributed by atoms with E-state index in [1.54, 1.807) is 24.3 Å². The molecule has 126 valence electrons. The van der Waals surface area contributed by atoms with Gasteiger partial charge in [0.05, 0.1) is 11.8 Å². The summed E-state index contributed by atoms with van der Waals surface area (Å²) in [6, 6.07) is 8.15. The van der Waals surface area contributed by atoms with E-state index in [2.05, 4.69) is 10.1 Å². The Kier molecular flexibility index (Phi) is 3.58. The lowest BCUT2D eigenvalue weighted by Gasteiger charge is -2.07. The van der Waals surface area contributed by atoms with Gasteiger partial charge in [-0.25, -0.2) is 4.68 Å². The van der Waals surface area contributed by atoms with Crippen LogP contribution in [0.4, 0.5) is 0 Å². The second kappa shape index (κ2) is 5.78. The van der Waals surface area contributed by atoms with Gasteiger partial charge in [0.1, 0.15) is 16.7 Å². The summed E-state index contributed by atoms with van der Waals surface area (Å²) in [6.07, 6.45) is 1.94. The molecule has 4 rings (SSSR count). The van der Waals surface area contributed by atoms with Crippen LogP contribution in [-0.4, -0.2) is 14.8 Å². The van der Waals surface area contributed by atoms with Crippen molar-refractivity contribution in [1.82, 2.24) is 14.8 Å². The Labute approximate surface area is 144 Å². The summed E-state index contributed by atoms with van der Waals surface area (Å²) in [5, 5.41) is 3.05. The molecule has 0 atom stereocenters. The monoisotopic (exact) mass is 357 g/mol. The minimum atomic E-state index is -0.556. The molecule has 7 nitrogen and oxygen atoms in total. The Hall–Kier alpha value is -3.06. The first-order valence-corrected chi connectivity index (χ1v) is 7.93. The molecule has 4 aromatic rings. The first-order valence-electron chi connectivity index (χ1n) is 7.55. The van der Waals surface area contributed by atoms with Crippen LogP contribution in [0.5, 0.6) is 0 Å². The van der Waals surface area contributed by atoms with E-state index in [4.69, 9.17) is 16.0 Å². The van der Waals surface area contributed by atoms with Crippen LogP contribution >= 0.6 is 11.6 Å². The Bertz CT molecular complexity index is 1270. The number of hydrogen-bond acceptors (Lipinski definition) is 4. The van der Waals surface area contributed by atoms with Gasteiger partial charge in [-0.1, -0.05) is 11.6 Å². The molecule has 0 bridgehead atoms. The van der Waals surface area contributed by atoms with Gasteiger partial charge in [-0.05, 0) is 30.3 Å². The van der Waals surface area contributed by atoms with Gasteiger partial charge in [-0.15, -0.1) is 0 Å². The van der Waals surface area contributed by atoms with Crippen molar-refractivity contribution in [1.29, 1.82) is 0 Å². The summed E-state index contributed by atoms with van der Waals surface area (Å²) in [4.78, 5) is 40.6. The number of benzene rings is 1. The molecule has 0 aliphatic carbocycles. The largest absolute Gasteiger partial charge is 0.469 e. The van der Waals surface area contributed by atoms with E-state index in [9.17, 15) is 14.4 Å². The first-order chi connectivity index (χ1) is 12.0. The van der Waals surface area contributed by atoms with Gasteiger partial charge >= 0.3 is 0 Å². The van der Waals surface area contributed by atoms with Crippen molar-refractivity contribution in [3.8, 4) is 0 Å². The fourth-order valence-corrected chi connectivity index (χ4v) is 3.01. The van der Waals surface area contributed by atoms with Gasteiger partial charge in [0.2, 0.25) is 5.43 Å². The fourth-order valence-electron chi connectivity index (χ4n) is 2.84. The molecule has 0 radical (unpaired) electrons. The van der Waals surface area contributed by atoms with Crippen molar-refractivity contribution in [3.63, 3.8) is 0 Å². The molecule has 0 aliphatic rings. The van der Waals surface area contributed by atoms with E-state index in [0.29, 0.717) is 28.1 Å². The molecule has 25 heavy (non-hydrogen) atoms. The molecule has 2 N–H and O–H groups in total. The molecule has 0 saturated carbocycles. The summed E-state index contributed by atoms with van der Waals surface area (Å²) in [7, 11) is 0. The van der Waals surface area contributed by atoms with Crippen LogP contribution in [0.25, 0.3) is 21.8 Å². The zero-order valence-electron chi connectivity index (χ0n) is 12.8. The first kappa shape index (κ1) is 15.5. The lowest BCUT2D eigenvalue weighted by molar-refractivity contribution is 0.473. The summed E-state index contributed by atoms with van der Waals surface area (Å²) in [5.41, 5.74) is -1.25. The van der Waals surface area contributed by atoms with E-state index in [0.717, 1.165) is 4.68 Å². The summed E-state index contributed by atoms with van der Waals surface area (Å²) < 4.78 is 6.35. The Morgan fingerprint density at radius 3 is 2.76 bits per heavy atom. The fraction of sp³-hybridized carbons (Fsp3) is 0.118. The minimum absolute atomic E-state index is 0.0565. The zero-order valence-corrected chi connectivity index (χ0v) is 13.6. The quantitative estimate of drug-likeness (QED) is 0.548. The highest BCUT2D eigenvalue weighted by molar-refractivity contribution is 6.31. The topological polar surface area (TPSA) is 101 Å². The molecule has 0 aliphatic heterocycles. The number of nitrogens with zero attached hydrogens (tertiary/aromatic N) is 1. The van der Waals surface area contributed by atoms with Gasteiger partial charge < -0.3 is 9.40 Å². The van der Waals surface area contributed by atoms with Crippen molar-refractivity contribution in [2.24, 2.45) is 0 Å². The number of halogens is 1. The maximum Gasteiger partial charge on any atom is 0.287 e. The van der Waals surface area contributed by atoms with E-state index in [1.165, 1.54) is 12.3 Å². The molecule has 3 heterocycles. The van der Waals surface area contributed by atoms with Gasteiger partial charge in [0.25, 0.3) is 11.1 Å². The second-order valence-corrected chi connectivity index (χ2v) is 6.06. The predicted octanol–water partition coefficient (Wildman–Crippen LogP) is 2.02. The number of H-pyrrole nitrogens is 2. The van der Waals surface area contributed by atoms with E-state index in [-0.39, 0.29) is 17.4 Å². The lowest BCUT2D eigenvalue weighted by atomic mass is 10.1. The third-order valence-corrected chi connectivity index (χ3v) is 4.28. The molecule has 0 saturated heterocycles. The van der Waals surface area contributed by atoms with Crippen LogP contribution in [0.3, 0.4) is 0 Å². The standard InChI is InChI=1S/C17H12ClN3O4/c18-9-3-4-11-12(8-9)19-14-13(15(11)22)17(24)21(20-16(14)23)6-5-10-2-1-7-25-10/h1-4,7-8H,5-6H2,(H,19,22)(H,20,23). The highest BCUT2D eigenvalue weighted by Gasteiger charge is 2.14. The molecule has 0 amide bonds. The molecule has 0 spiro atoms. The van der Waals surface area contributed by atoms with Gasteiger partial charge in [0.15, 0.2) is 0 Å². The van der Waals surface area contributed by atoms with Crippen molar-refractivity contribution in [2.75, 3.05) is 0 Å². The predicted molar refractivity (Wildman–Crippen MR) is 94.4 cm³/mol. The molecular weight excluding hydrogens is 346 g/mol. The van der Waals surface area contributed by atoms with Crippen LogP contribution in [-0.2, 0) is 13.0 Å². The van der Waals surface area contributed by atoms with Crippen molar-refractivity contribution < 1.29 is 4.42 Å². The lowest BCUT2D eigenvalue weighted by Crippen LogP contribution is -2.34. The Morgan fingerprint density at radius 1 is 1.16 bits per heavy atom. The maximum atomic E-state index is 12.7. The van der Waals surface area contributed by atoms with Gasteiger partial charge in [-0.2, -0.15) is 0 Å². The molecule has 0 fully saturated rings. The van der Waals surface area contributed by atoms with Crippen LogP contribution in [0.1, 0.15) is 5.76 Å². The third-order valence-electron chi connectivity index (χ3n) is 4.05. The van der Waals surface area contributed by atoms with Crippen LogP contribution in [0.2, 0.25) is 5.02 Å². The Morgan fingerprint density at radius 2 is 2.00 bits per heavy atom. The van der Waals surface area contributed by atoms with Gasteiger partial charge in [-0.3, -0.25) is 19.5 Å². The highest BCUT2D eigenvalue weighted by Crippen LogP contribution is 2.16. The molecule has 3 aromatic heterocycles. The van der Waals surface area contributed by atoms with Crippen LogP contribution in [0, 0.1) is 0 Å². The second-order valence-electron chi connectivity index (χ2n) is 5.62. The SMILES string of the molecule is O=c1[nH]n(CCc2ccco2)c(=O)c2c(=O)c3ccc(Cl)cc3[nH]c12. The van der Waals surface area contributed by atoms with Gasteiger partial charge in [0, 0.05) is 23.4 Å². The number of pyridine rings is 1. The minimum Gasteiger partial charge on any atom is -0.469 e. The zero-order chi connectivity index (χ0) is 17.6. The maximum absolute atomic E-state index is 12.7. The average molecular weight is 358 g/mol. The molecule has 0 unspecified atom stereocenters. The number of aromatic nitrogens is 3. The number of aromatic amines is 2. The molecular formula is C17H12ClN3O4. The number of nitrogens with one attached hydrogen (secondary N) is 2. The van der Waals surface area contributed by atoms with E-state index >= 15 is 0 Å². The highest BCUT2D eigenvalue weighted by atomic mass is 35.5. The van der Waals surface area contributed by atoms with Crippen LogP contribution < -0.4 is 16.5 Å². The number of furan rings is 1. The average Bonchev–Trinajstić information content (AvgIpc) is 3.10. The third kappa shape index (κ3) is 2.58. The smallest absolute Gasteiger partial charge is 0.287 e.